The first-order chi connectivity index (χ1) is 5.83. The molecule has 0 bridgehead atoms. The van der Waals surface area contributed by atoms with Crippen LogP contribution in [-0.4, -0.2) is 24.9 Å². The van der Waals surface area contributed by atoms with E-state index in [4.69, 9.17) is 4.74 Å². The predicted molar refractivity (Wildman–Crippen MR) is 49.1 cm³/mol. The molecule has 1 aliphatic carbocycles. The Hall–Kier alpha value is -0.0800. The predicted octanol–water partition coefficient (Wildman–Crippen LogP) is 1.96. The van der Waals surface area contributed by atoms with Crippen molar-refractivity contribution in [3.05, 3.63) is 0 Å². The summed E-state index contributed by atoms with van der Waals surface area (Å²) in [6.07, 6.45) is 7.40. The minimum Gasteiger partial charge on any atom is -0.391 e. The average Bonchev–Trinajstić information content (AvgIpc) is 2.06. The molecule has 1 N–H and O–H groups in total. The number of methoxy groups -OCH3 is 1. The second-order valence-electron chi connectivity index (χ2n) is 3.85. The largest absolute Gasteiger partial charge is 0.391 e. The van der Waals surface area contributed by atoms with Crippen LogP contribution in [0.4, 0.5) is 0 Å². The van der Waals surface area contributed by atoms with E-state index in [9.17, 15) is 5.11 Å². The second kappa shape index (κ2) is 5.55. The third-order valence-corrected chi connectivity index (χ3v) is 2.69. The van der Waals surface area contributed by atoms with Gasteiger partial charge in [-0.3, -0.25) is 0 Å². The number of ether oxygens (including phenoxy) is 1. The lowest BCUT2D eigenvalue weighted by molar-refractivity contribution is 0.0440. The summed E-state index contributed by atoms with van der Waals surface area (Å²) in [6, 6.07) is 0. The Labute approximate surface area is 74.9 Å². The van der Waals surface area contributed by atoms with Gasteiger partial charge in [-0.15, -0.1) is 0 Å². The molecule has 0 aromatic carbocycles. The molecule has 1 aliphatic rings. The molecular weight excluding hydrogens is 152 g/mol. The summed E-state index contributed by atoms with van der Waals surface area (Å²) in [5.41, 5.74) is 0. The average molecular weight is 172 g/mol. The number of aliphatic hydroxyl groups is 1. The van der Waals surface area contributed by atoms with E-state index in [0.717, 1.165) is 12.3 Å². The maximum Gasteiger partial charge on any atom is 0.0776 e. The lowest BCUT2D eigenvalue weighted by atomic mass is 9.85. The number of rotatable bonds is 4. The van der Waals surface area contributed by atoms with E-state index in [2.05, 4.69) is 0 Å². The van der Waals surface area contributed by atoms with Crippen LogP contribution in [0.25, 0.3) is 0 Å². The SMILES string of the molecule is COC[C@@H](O)CC1CCCCC1. The smallest absolute Gasteiger partial charge is 0.0776 e. The fraction of sp³-hybridized carbons (Fsp3) is 1.00. The van der Waals surface area contributed by atoms with Crippen molar-refractivity contribution in [2.75, 3.05) is 13.7 Å². The lowest BCUT2D eigenvalue weighted by Crippen LogP contribution is -2.20. The summed E-state index contributed by atoms with van der Waals surface area (Å²) in [5.74, 6) is 0.754. The van der Waals surface area contributed by atoms with Crippen molar-refractivity contribution in [2.45, 2.75) is 44.6 Å². The van der Waals surface area contributed by atoms with Gasteiger partial charge in [-0.25, -0.2) is 0 Å². The van der Waals surface area contributed by atoms with Crippen LogP contribution >= 0.6 is 0 Å². The van der Waals surface area contributed by atoms with Crippen LogP contribution in [0.15, 0.2) is 0 Å². The number of aliphatic hydroxyl groups excluding tert-OH is 1. The molecule has 72 valence electrons. The van der Waals surface area contributed by atoms with E-state index in [1.807, 2.05) is 0 Å². The van der Waals surface area contributed by atoms with Crippen molar-refractivity contribution in [1.29, 1.82) is 0 Å². The second-order valence-corrected chi connectivity index (χ2v) is 3.85. The third kappa shape index (κ3) is 3.55. The third-order valence-electron chi connectivity index (χ3n) is 2.69. The van der Waals surface area contributed by atoms with Gasteiger partial charge >= 0.3 is 0 Å². The normalized spacial score (nSPS) is 22.5. The Morgan fingerprint density at radius 1 is 1.33 bits per heavy atom. The monoisotopic (exact) mass is 172 g/mol. The highest BCUT2D eigenvalue weighted by atomic mass is 16.5. The van der Waals surface area contributed by atoms with Gasteiger partial charge < -0.3 is 9.84 Å². The highest BCUT2D eigenvalue weighted by Gasteiger charge is 2.16. The van der Waals surface area contributed by atoms with Gasteiger partial charge in [0.25, 0.3) is 0 Å². The van der Waals surface area contributed by atoms with Crippen LogP contribution in [0.5, 0.6) is 0 Å². The summed E-state index contributed by atoms with van der Waals surface area (Å²) in [4.78, 5) is 0. The van der Waals surface area contributed by atoms with E-state index in [0.29, 0.717) is 6.61 Å². The van der Waals surface area contributed by atoms with Crippen molar-refractivity contribution in [3.8, 4) is 0 Å². The van der Waals surface area contributed by atoms with E-state index < -0.39 is 0 Å². The van der Waals surface area contributed by atoms with Gasteiger partial charge in [0.1, 0.15) is 0 Å². The van der Waals surface area contributed by atoms with Crippen molar-refractivity contribution >= 4 is 0 Å². The molecule has 0 aromatic rings. The van der Waals surface area contributed by atoms with Crippen LogP contribution in [0.1, 0.15) is 38.5 Å². The highest BCUT2D eigenvalue weighted by Crippen LogP contribution is 2.27. The van der Waals surface area contributed by atoms with Gasteiger partial charge in [0.15, 0.2) is 0 Å². The van der Waals surface area contributed by atoms with Crippen LogP contribution < -0.4 is 0 Å². The lowest BCUT2D eigenvalue weighted by Gasteiger charge is -2.23. The van der Waals surface area contributed by atoms with Gasteiger partial charge in [-0.2, -0.15) is 0 Å². The van der Waals surface area contributed by atoms with Gasteiger partial charge in [-0.05, 0) is 12.3 Å². The first-order valence-electron chi connectivity index (χ1n) is 5.00. The van der Waals surface area contributed by atoms with Crippen LogP contribution in [0, 0.1) is 5.92 Å². The molecule has 1 rings (SSSR count). The Bertz CT molecular complexity index is 108. The van der Waals surface area contributed by atoms with Crippen molar-refractivity contribution in [3.63, 3.8) is 0 Å². The van der Waals surface area contributed by atoms with E-state index >= 15 is 0 Å². The zero-order valence-electron chi connectivity index (χ0n) is 7.96. The number of hydrogen-bond donors (Lipinski definition) is 1. The summed E-state index contributed by atoms with van der Waals surface area (Å²) in [7, 11) is 1.64. The first-order valence-corrected chi connectivity index (χ1v) is 5.00. The highest BCUT2D eigenvalue weighted by molar-refractivity contribution is 4.69. The molecule has 1 atom stereocenters. The molecule has 0 amide bonds. The fourth-order valence-corrected chi connectivity index (χ4v) is 2.07. The molecule has 2 heteroatoms. The standard InChI is InChI=1S/C10H20O2/c1-12-8-10(11)7-9-5-3-2-4-6-9/h9-11H,2-8H2,1H3/t10-/m0/s1. The van der Waals surface area contributed by atoms with Gasteiger partial charge in [0.2, 0.25) is 0 Å². The van der Waals surface area contributed by atoms with Gasteiger partial charge in [0.05, 0.1) is 12.7 Å². The first kappa shape index (κ1) is 10.0. The Morgan fingerprint density at radius 3 is 2.58 bits per heavy atom. The van der Waals surface area contributed by atoms with Crippen LogP contribution in [0.2, 0.25) is 0 Å². The molecular formula is C10H20O2. The van der Waals surface area contributed by atoms with E-state index in [1.165, 1.54) is 32.1 Å². The summed E-state index contributed by atoms with van der Waals surface area (Å²) in [6.45, 7) is 0.497. The van der Waals surface area contributed by atoms with Crippen LogP contribution in [-0.2, 0) is 4.74 Å². The maximum atomic E-state index is 9.48. The molecule has 0 spiro atoms. The topological polar surface area (TPSA) is 29.5 Å². The molecule has 0 aliphatic heterocycles. The minimum atomic E-state index is -0.238. The van der Waals surface area contributed by atoms with Crippen molar-refractivity contribution in [2.24, 2.45) is 5.92 Å². The van der Waals surface area contributed by atoms with Crippen LogP contribution in [0.3, 0.4) is 0 Å². The minimum absolute atomic E-state index is 0.238. The molecule has 2 nitrogen and oxygen atoms in total. The Morgan fingerprint density at radius 2 is 2.00 bits per heavy atom. The zero-order chi connectivity index (χ0) is 8.81. The number of hydrogen-bond acceptors (Lipinski definition) is 2. The molecule has 0 aromatic heterocycles. The van der Waals surface area contributed by atoms with E-state index in [-0.39, 0.29) is 6.10 Å². The maximum absolute atomic E-state index is 9.48. The zero-order valence-corrected chi connectivity index (χ0v) is 7.96. The molecule has 1 fully saturated rings. The summed E-state index contributed by atoms with van der Waals surface area (Å²) < 4.78 is 4.90. The molecule has 1 saturated carbocycles. The quantitative estimate of drug-likeness (QED) is 0.702. The molecule has 12 heavy (non-hydrogen) atoms. The molecule has 0 saturated heterocycles. The molecule has 0 radical (unpaired) electrons. The fourth-order valence-electron chi connectivity index (χ4n) is 2.07. The Kier molecular flexibility index (Phi) is 4.62. The van der Waals surface area contributed by atoms with Crippen molar-refractivity contribution in [1.82, 2.24) is 0 Å². The summed E-state index contributed by atoms with van der Waals surface area (Å²) >= 11 is 0. The van der Waals surface area contributed by atoms with Gasteiger partial charge in [0, 0.05) is 7.11 Å². The molecule has 0 heterocycles. The molecule has 0 unspecified atom stereocenters. The van der Waals surface area contributed by atoms with Gasteiger partial charge in [-0.1, -0.05) is 32.1 Å². The summed E-state index contributed by atoms with van der Waals surface area (Å²) in [5, 5.41) is 9.48. The van der Waals surface area contributed by atoms with Crippen molar-refractivity contribution < 1.29 is 9.84 Å². The Balaban J connectivity index is 2.11. The van der Waals surface area contributed by atoms with E-state index in [1.54, 1.807) is 7.11 Å².